The van der Waals surface area contributed by atoms with Gasteiger partial charge in [-0.2, -0.15) is 0 Å². The molecular formula is C14H15N3O3. The van der Waals surface area contributed by atoms with Gasteiger partial charge in [0.15, 0.2) is 0 Å². The summed E-state index contributed by atoms with van der Waals surface area (Å²) < 4.78 is 1.66. The molecule has 1 atom stereocenters. The maximum absolute atomic E-state index is 12.0. The minimum absolute atomic E-state index is 0.178. The first-order valence-electron chi connectivity index (χ1n) is 6.12. The molecule has 0 aliphatic heterocycles. The van der Waals surface area contributed by atoms with Crippen LogP contribution in [-0.4, -0.2) is 26.5 Å². The highest BCUT2D eigenvalue weighted by molar-refractivity contribution is 5.92. The Hall–Kier alpha value is -2.63. The fourth-order valence-corrected chi connectivity index (χ4v) is 1.87. The number of aromatic nitrogens is 2. The molecule has 104 valence electrons. The number of hydrogen-bond donors (Lipinski definition) is 2. The summed E-state index contributed by atoms with van der Waals surface area (Å²) in [6, 6.07) is 8.43. The summed E-state index contributed by atoms with van der Waals surface area (Å²) in [4.78, 5) is 26.9. The zero-order valence-electron chi connectivity index (χ0n) is 11.0. The van der Waals surface area contributed by atoms with Crippen LogP contribution in [0.25, 0.3) is 0 Å². The number of carbonyl (C=O) groups is 2. The predicted molar refractivity (Wildman–Crippen MR) is 72.1 cm³/mol. The van der Waals surface area contributed by atoms with Crippen molar-refractivity contribution in [3.63, 3.8) is 0 Å². The van der Waals surface area contributed by atoms with Gasteiger partial charge in [-0.05, 0) is 5.56 Å². The molecule has 0 bridgehead atoms. The lowest BCUT2D eigenvalue weighted by molar-refractivity contribution is -0.137. The van der Waals surface area contributed by atoms with E-state index in [9.17, 15) is 9.59 Å². The second kappa shape index (κ2) is 6.01. The number of carbonyl (C=O) groups excluding carboxylic acids is 1. The summed E-state index contributed by atoms with van der Waals surface area (Å²) in [5.74, 6) is -1.36. The molecule has 2 aromatic rings. The van der Waals surface area contributed by atoms with Gasteiger partial charge in [0.05, 0.1) is 18.8 Å². The van der Waals surface area contributed by atoms with Gasteiger partial charge < -0.3 is 15.0 Å². The van der Waals surface area contributed by atoms with Crippen LogP contribution in [0.4, 0.5) is 0 Å². The first-order chi connectivity index (χ1) is 9.56. The summed E-state index contributed by atoms with van der Waals surface area (Å²) >= 11 is 0. The molecule has 0 radical (unpaired) electrons. The Bertz CT molecular complexity index is 607. The third-order valence-electron chi connectivity index (χ3n) is 2.82. The third kappa shape index (κ3) is 3.44. The molecule has 6 heteroatoms. The van der Waals surface area contributed by atoms with Crippen molar-refractivity contribution in [1.29, 1.82) is 0 Å². The van der Waals surface area contributed by atoms with E-state index in [-0.39, 0.29) is 18.0 Å². The summed E-state index contributed by atoms with van der Waals surface area (Å²) in [6.07, 6.45) is 2.92. The molecule has 20 heavy (non-hydrogen) atoms. The second-order valence-electron chi connectivity index (χ2n) is 4.46. The average Bonchev–Trinajstić information content (AvgIpc) is 2.85. The molecule has 1 aromatic heterocycles. The van der Waals surface area contributed by atoms with E-state index in [1.54, 1.807) is 42.1 Å². The SMILES string of the molecule is Cn1cnc(C(=O)NC(CC(=O)O)c2ccccc2)c1. The first kappa shape index (κ1) is 13.8. The van der Waals surface area contributed by atoms with E-state index >= 15 is 0 Å². The molecule has 0 spiro atoms. The van der Waals surface area contributed by atoms with Gasteiger partial charge in [0.25, 0.3) is 5.91 Å². The lowest BCUT2D eigenvalue weighted by atomic mass is 10.0. The van der Waals surface area contributed by atoms with Gasteiger partial charge in [-0.3, -0.25) is 9.59 Å². The van der Waals surface area contributed by atoms with E-state index < -0.39 is 12.0 Å². The number of rotatable bonds is 5. The topological polar surface area (TPSA) is 84.2 Å². The van der Waals surface area contributed by atoms with E-state index in [0.717, 1.165) is 5.56 Å². The molecule has 1 heterocycles. The Morgan fingerprint density at radius 3 is 2.60 bits per heavy atom. The fourth-order valence-electron chi connectivity index (χ4n) is 1.87. The van der Waals surface area contributed by atoms with E-state index in [1.165, 1.54) is 6.33 Å². The second-order valence-corrected chi connectivity index (χ2v) is 4.46. The lowest BCUT2D eigenvalue weighted by Crippen LogP contribution is -2.30. The Balaban J connectivity index is 2.16. The van der Waals surface area contributed by atoms with Gasteiger partial charge in [-0.25, -0.2) is 4.98 Å². The Labute approximate surface area is 116 Å². The number of imidazole rings is 1. The number of benzene rings is 1. The van der Waals surface area contributed by atoms with Crippen LogP contribution in [0.3, 0.4) is 0 Å². The zero-order valence-corrected chi connectivity index (χ0v) is 11.0. The van der Waals surface area contributed by atoms with Crippen molar-refractivity contribution >= 4 is 11.9 Å². The summed E-state index contributed by atoms with van der Waals surface area (Å²) in [5.41, 5.74) is 1.01. The maximum Gasteiger partial charge on any atom is 0.305 e. The minimum Gasteiger partial charge on any atom is -0.481 e. The molecule has 0 fully saturated rings. The van der Waals surface area contributed by atoms with Crippen molar-refractivity contribution in [2.24, 2.45) is 7.05 Å². The van der Waals surface area contributed by atoms with Gasteiger partial charge in [0.1, 0.15) is 5.69 Å². The number of nitrogens with one attached hydrogen (secondary N) is 1. The van der Waals surface area contributed by atoms with Crippen LogP contribution in [0.15, 0.2) is 42.9 Å². The van der Waals surface area contributed by atoms with Gasteiger partial charge in [0, 0.05) is 13.2 Å². The van der Waals surface area contributed by atoms with Gasteiger partial charge in [-0.15, -0.1) is 0 Å². The van der Waals surface area contributed by atoms with Crippen LogP contribution in [-0.2, 0) is 11.8 Å². The number of nitrogens with zero attached hydrogens (tertiary/aromatic N) is 2. The molecule has 1 amide bonds. The molecule has 1 unspecified atom stereocenters. The van der Waals surface area contributed by atoms with Gasteiger partial charge in [-0.1, -0.05) is 30.3 Å². The van der Waals surface area contributed by atoms with Gasteiger partial charge >= 0.3 is 5.97 Å². The van der Waals surface area contributed by atoms with Gasteiger partial charge in [0.2, 0.25) is 0 Å². The van der Waals surface area contributed by atoms with E-state index in [1.807, 2.05) is 6.07 Å². The largest absolute Gasteiger partial charge is 0.481 e. The van der Waals surface area contributed by atoms with Crippen LogP contribution in [0.2, 0.25) is 0 Å². The standard InChI is InChI=1S/C14H15N3O3/c1-17-8-12(15-9-17)14(20)16-11(7-13(18)19)10-5-3-2-4-6-10/h2-6,8-9,11H,7H2,1H3,(H,16,20)(H,18,19). The van der Waals surface area contributed by atoms with Crippen LogP contribution < -0.4 is 5.32 Å². The molecule has 2 N–H and O–H groups in total. The minimum atomic E-state index is -0.972. The number of aryl methyl sites for hydroxylation is 1. The maximum atomic E-state index is 12.0. The van der Waals surface area contributed by atoms with Crippen LogP contribution in [0.1, 0.15) is 28.5 Å². The van der Waals surface area contributed by atoms with Crippen molar-refractivity contribution in [3.8, 4) is 0 Å². The molecular weight excluding hydrogens is 258 g/mol. The normalized spacial score (nSPS) is 11.8. The van der Waals surface area contributed by atoms with Crippen LogP contribution in [0, 0.1) is 0 Å². The Morgan fingerprint density at radius 2 is 2.05 bits per heavy atom. The van der Waals surface area contributed by atoms with Crippen molar-refractivity contribution in [1.82, 2.24) is 14.9 Å². The number of carboxylic acids is 1. The predicted octanol–water partition coefficient (Wildman–Crippen LogP) is 1.37. The Morgan fingerprint density at radius 1 is 1.35 bits per heavy atom. The molecule has 0 saturated heterocycles. The quantitative estimate of drug-likeness (QED) is 0.861. The zero-order chi connectivity index (χ0) is 14.5. The fraction of sp³-hybridized carbons (Fsp3) is 0.214. The number of hydrogen-bond acceptors (Lipinski definition) is 3. The highest BCUT2D eigenvalue weighted by Gasteiger charge is 2.19. The first-order valence-corrected chi connectivity index (χ1v) is 6.12. The molecule has 0 aliphatic rings. The summed E-state index contributed by atoms with van der Waals surface area (Å²) in [5, 5.41) is 11.7. The van der Waals surface area contributed by atoms with Crippen molar-refractivity contribution in [2.45, 2.75) is 12.5 Å². The summed E-state index contributed by atoms with van der Waals surface area (Å²) in [6.45, 7) is 0. The van der Waals surface area contributed by atoms with Crippen molar-refractivity contribution in [3.05, 3.63) is 54.1 Å². The number of aliphatic carboxylic acids is 1. The van der Waals surface area contributed by atoms with E-state index in [4.69, 9.17) is 5.11 Å². The monoisotopic (exact) mass is 273 g/mol. The highest BCUT2D eigenvalue weighted by Crippen LogP contribution is 2.17. The van der Waals surface area contributed by atoms with E-state index in [2.05, 4.69) is 10.3 Å². The molecule has 0 aliphatic carbocycles. The molecule has 1 aromatic carbocycles. The van der Waals surface area contributed by atoms with Crippen LogP contribution >= 0.6 is 0 Å². The summed E-state index contributed by atoms with van der Waals surface area (Å²) in [7, 11) is 1.76. The molecule has 6 nitrogen and oxygen atoms in total. The lowest BCUT2D eigenvalue weighted by Gasteiger charge is -2.16. The van der Waals surface area contributed by atoms with E-state index in [0.29, 0.717) is 0 Å². The van der Waals surface area contributed by atoms with Crippen molar-refractivity contribution in [2.75, 3.05) is 0 Å². The number of amides is 1. The number of carboxylic acid groups (broad SMARTS) is 1. The Kier molecular flexibility index (Phi) is 4.14. The third-order valence-corrected chi connectivity index (χ3v) is 2.82. The average molecular weight is 273 g/mol. The molecule has 0 saturated carbocycles. The van der Waals surface area contributed by atoms with Crippen molar-refractivity contribution < 1.29 is 14.7 Å². The van der Waals surface area contributed by atoms with Crippen LogP contribution in [0.5, 0.6) is 0 Å². The highest BCUT2D eigenvalue weighted by atomic mass is 16.4. The molecule has 2 rings (SSSR count). The smallest absolute Gasteiger partial charge is 0.305 e.